The molecular formula is C20H24FN3O2. The third kappa shape index (κ3) is 4.45. The first-order valence-corrected chi connectivity index (χ1v) is 8.71. The van der Waals surface area contributed by atoms with Crippen LogP contribution in [0.4, 0.5) is 4.39 Å². The molecule has 5 nitrogen and oxygen atoms in total. The molecule has 1 atom stereocenters. The van der Waals surface area contributed by atoms with E-state index >= 15 is 0 Å². The van der Waals surface area contributed by atoms with Crippen molar-refractivity contribution in [2.75, 3.05) is 40.3 Å². The van der Waals surface area contributed by atoms with Crippen molar-refractivity contribution in [3.05, 3.63) is 53.6 Å². The van der Waals surface area contributed by atoms with E-state index in [4.69, 9.17) is 4.74 Å². The molecule has 0 aliphatic carbocycles. The molecular weight excluding hydrogens is 333 g/mol. The van der Waals surface area contributed by atoms with E-state index in [9.17, 15) is 9.18 Å². The number of carbonyl (C=O) groups excluding carboxylic acids is 1. The first-order chi connectivity index (χ1) is 12.4. The van der Waals surface area contributed by atoms with Gasteiger partial charge in [-0.1, -0.05) is 12.1 Å². The summed E-state index contributed by atoms with van der Waals surface area (Å²) in [4.78, 5) is 20.3. The summed E-state index contributed by atoms with van der Waals surface area (Å²) in [6, 6.07) is 10.4. The van der Waals surface area contributed by atoms with Crippen LogP contribution in [0.5, 0.6) is 0 Å². The van der Waals surface area contributed by atoms with Crippen molar-refractivity contribution >= 4 is 5.91 Å². The summed E-state index contributed by atoms with van der Waals surface area (Å²) in [7, 11) is 3.52. The molecule has 0 saturated carbocycles. The number of amides is 1. The number of nitrogens with zero attached hydrogens (tertiary/aromatic N) is 3. The number of benzene rings is 1. The van der Waals surface area contributed by atoms with Gasteiger partial charge in [-0.05, 0) is 42.3 Å². The standard InChI is InChI=1S/C20H24FN3O2/c1-14-10-16(15-4-6-17(21)7-5-15)11-18(22-14)19-12-24(8-9-26-19)13-20(25)23(2)3/h4-7,10-11,19H,8-9,12-13H2,1-3H3. The lowest BCUT2D eigenvalue weighted by Gasteiger charge is -2.33. The molecule has 26 heavy (non-hydrogen) atoms. The van der Waals surface area contributed by atoms with Crippen LogP contribution >= 0.6 is 0 Å². The Labute approximate surface area is 153 Å². The number of ether oxygens (including phenoxy) is 1. The Morgan fingerprint density at radius 1 is 1.27 bits per heavy atom. The second kappa shape index (κ2) is 7.93. The highest BCUT2D eigenvalue weighted by Gasteiger charge is 2.25. The topological polar surface area (TPSA) is 45.7 Å². The molecule has 3 rings (SSSR count). The number of hydrogen-bond donors (Lipinski definition) is 0. The molecule has 1 aromatic carbocycles. The summed E-state index contributed by atoms with van der Waals surface area (Å²) in [5, 5.41) is 0. The van der Waals surface area contributed by atoms with Gasteiger partial charge < -0.3 is 9.64 Å². The molecule has 0 spiro atoms. The molecule has 1 fully saturated rings. The second-order valence-electron chi connectivity index (χ2n) is 6.81. The predicted octanol–water partition coefficient (Wildman–Crippen LogP) is 2.66. The average Bonchev–Trinajstić information content (AvgIpc) is 2.62. The Morgan fingerprint density at radius 2 is 2.00 bits per heavy atom. The van der Waals surface area contributed by atoms with E-state index in [0.717, 1.165) is 29.1 Å². The monoisotopic (exact) mass is 357 g/mol. The van der Waals surface area contributed by atoms with Crippen LogP contribution in [0, 0.1) is 12.7 Å². The molecule has 0 bridgehead atoms. The molecule has 0 N–H and O–H groups in total. The van der Waals surface area contributed by atoms with Gasteiger partial charge in [0.25, 0.3) is 0 Å². The molecule has 2 aromatic rings. The molecule has 1 unspecified atom stereocenters. The van der Waals surface area contributed by atoms with E-state index in [0.29, 0.717) is 19.7 Å². The summed E-state index contributed by atoms with van der Waals surface area (Å²) in [5.41, 5.74) is 3.64. The molecule has 1 saturated heterocycles. The molecule has 138 valence electrons. The van der Waals surface area contributed by atoms with Crippen molar-refractivity contribution in [3.8, 4) is 11.1 Å². The summed E-state index contributed by atoms with van der Waals surface area (Å²) >= 11 is 0. The van der Waals surface area contributed by atoms with Crippen LogP contribution in [0.3, 0.4) is 0 Å². The van der Waals surface area contributed by atoms with Crippen LogP contribution in [-0.2, 0) is 9.53 Å². The van der Waals surface area contributed by atoms with Gasteiger partial charge >= 0.3 is 0 Å². The number of aryl methyl sites for hydroxylation is 1. The number of aromatic nitrogens is 1. The molecule has 0 radical (unpaired) electrons. The van der Waals surface area contributed by atoms with Gasteiger partial charge in [0.05, 0.1) is 18.8 Å². The van der Waals surface area contributed by atoms with Gasteiger partial charge in [-0.2, -0.15) is 0 Å². The zero-order valence-corrected chi connectivity index (χ0v) is 15.4. The summed E-state index contributed by atoms with van der Waals surface area (Å²) in [5.74, 6) is -0.175. The number of carbonyl (C=O) groups is 1. The smallest absolute Gasteiger partial charge is 0.236 e. The molecule has 1 aromatic heterocycles. The van der Waals surface area contributed by atoms with E-state index < -0.39 is 0 Å². The fourth-order valence-electron chi connectivity index (χ4n) is 3.03. The lowest BCUT2D eigenvalue weighted by molar-refractivity contribution is -0.132. The van der Waals surface area contributed by atoms with Crippen LogP contribution in [0.25, 0.3) is 11.1 Å². The predicted molar refractivity (Wildman–Crippen MR) is 98.2 cm³/mol. The second-order valence-corrected chi connectivity index (χ2v) is 6.81. The fourth-order valence-corrected chi connectivity index (χ4v) is 3.03. The number of halogens is 1. The Balaban J connectivity index is 1.80. The molecule has 1 aliphatic rings. The Bertz CT molecular complexity index is 777. The number of likely N-dealkylation sites (N-methyl/N-ethyl adjacent to an activating group) is 1. The van der Waals surface area contributed by atoms with Crippen molar-refractivity contribution in [2.45, 2.75) is 13.0 Å². The van der Waals surface area contributed by atoms with Gasteiger partial charge in [-0.15, -0.1) is 0 Å². The Kier molecular flexibility index (Phi) is 5.64. The van der Waals surface area contributed by atoms with Crippen LogP contribution in [0.15, 0.2) is 36.4 Å². The Hall–Kier alpha value is -2.31. The van der Waals surface area contributed by atoms with Gasteiger partial charge in [-0.25, -0.2) is 4.39 Å². The van der Waals surface area contributed by atoms with E-state index in [2.05, 4.69) is 9.88 Å². The summed E-state index contributed by atoms with van der Waals surface area (Å²) < 4.78 is 19.1. The van der Waals surface area contributed by atoms with Crippen molar-refractivity contribution in [1.82, 2.24) is 14.8 Å². The van der Waals surface area contributed by atoms with Gasteiger partial charge in [0.15, 0.2) is 0 Å². The first-order valence-electron chi connectivity index (χ1n) is 8.71. The number of rotatable bonds is 4. The minimum absolute atomic E-state index is 0.0786. The van der Waals surface area contributed by atoms with Gasteiger partial charge in [0.1, 0.15) is 11.9 Å². The zero-order valence-electron chi connectivity index (χ0n) is 15.4. The first kappa shape index (κ1) is 18.5. The molecule has 2 heterocycles. The van der Waals surface area contributed by atoms with Crippen molar-refractivity contribution in [1.29, 1.82) is 0 Å². The largest absolute Gasteiger partial charge is 0.369 e. The van der Waals surface area contributed by atoms with Gasteiger partial charge in [0.2, 0.25) is 5.91 Å². The highest BCUT2D eigenvalue weighted by atomic mass is 19.1. The van der Waals surface area contributed by atoms with Crippen molar-refractivity contribution in [2.24, 2.45) is 0 Å². The van der Waals surface area contributed by atoms with Crippen molar-refractivity contribution in [3.63, 3.8) is 0 Å². The third-order valence-electron chi connectivity index (χ3n) is 4.49. The Morgan fingerprint density at radius 3 is 2.69 bits per heavy atom. The van der Waals surface area contributed by atoms with Crippen LogP contribution < -0.4 is 0 Å². The quantitative estimate of drug-likeness (QED) is 0.844. The van der Waals surface area contributed by atoms with E-state index in [-0.39, 0.29) is 17.8 Å². The lowest BCUT2D eigenvalue weighted by atomic mass is 10.0. The van der Waals surface area contributed by atoms with E-state index in [1.165, 1.54) is 12.1 Å². The minimum Gasteiger partial charge on any atom is -0.369 e. The lowest BCUT2D eigenvalue weighted by Crippen LogP contribution is -2.44. The zero-order chi connectivity index (χ0) is 18.7. The van der Waals surface area contributed by atoms with E-state index in [1.807, 2.05) is 19.1 Å². The molecule has 1 amide bonds. The minimum atomic E-state index is -0.253. The highest BCUT2D eigenvalue weighted by molar-refractivity contribution is 5.77. The third-order valence-corrected chi connectivity index (χ3v) is 4.49. The average molecular weight is 357 g/mol. The number of hydrogen-bond acceptors (Lipinski definition) is 4. The van der Waals surface area contributed by atoms with Gasteiger partial charge in [0, 0.05) is 32.9 Å². The van der Waals surface area contributed by atoms with Crippen LogP contribution in [-0.4, -0.2) is 61.0 Å². The maximum Gasteiger partial charge on any atom is 0.236 e. The SMILES string of the molecule is Cc1cc(-c2ccc(F)cc2)cc(C2CN(CC(=O)N(C)C)CCO2)n1. The molecule has 1 aliphatic heterocycles. The fraction of sp³-hybridized carbons (Fsp3) is 0.400. The summed E-state index contributed by atoms with van der Waals surface area (Å²) in [6.07, 6.45) is -0.183. The molecule has 6 heteroatoms. The van der Waals surface area contributed by atoms with Crippen LogP contribution in [0.1, 0.15) is 17.5 Å². The summed E-state index contributed by atoms with van der Waals surface area (Å²) in [6.45, 7) is 4.23. The van der Waals surface area contributed by atoms with Crippen LogP contribution in [0.2, 0.25) is 0 Å². The maximum absolute atomic E-state index is 13.2. The van der Waals surface area contributed by atoms with Crippen molar-refractivity contribution < 1.29 is 13.9 Å². The van der Waals surface area contributed by atoms with Gasteiger partial charge in [-0.3, -0.25) is 14.7 Å². The highest BCUT2D eigenvalue weighted by Crippen LogP contribution is 2.27. The number of pyridine rings is 1. The van der Waals surface area contributed by atoms with E-state index in [1.54, 1.807) is 31.1 Å². The number of morpholine rings is 1. The normalized spacial score (nSPS) is 17.9. The maximum atomic E-state index is 13.2.